The highest BCUT2D eigenvalue weighted by atomic mass is 127. The fourth-order valence-corrected chi connectivity index (χ4v) is 4.89. The molecule has 0 bridgehead atoms. The molecule has 37 heavy (non-hydrogen) atoms. The molecular weight excluding hydrogens is 599 g/mol. The number of benzene rings is 4. The van der Waals surface area contributed by atoms with Gasteiger partial charge in [-0.15, -0.1) is 0 Å². The summed E-state index contributed by atoms with van der Waals surface area (Å²) in [5, 5.41) is 15.0. The number of nitriles is 1. The zero-order valence-electron chi connectivity index (χ0n) is 20.3. The van der Waals surface area contributed by atoms with Gasteiger partial charge in [-0.25, -0.2) is 0 Å². The smallest absolute Gasteiger partial charge is 0.266 e. The van der Waals surface area contributed by atoms with Gasteiger partial charge in [0.25, 0.3) is 5.91 Å². The molecule has 4 aromatic carbocycles. The molecule has 5 nitrogen and oxygen atoms in total. The third-order valence-electron chi connectivity index (χ3n) is 5.77. The molecule has 0 unspecified atom stereocenters. The number of rotatable bonds is 8. The van der Waals surface area contributed by atoms with Crippen LogP contribution in [0, 0.1) is 21.8 Å². The molecule has 0 saturated carbocycles. The maximum Gasteiger partial charge on any atom is 0.266 e. The van der Waals surface area contributed by atoms with E-state index in [0.717, 1.165) is 25.5 Å². The molecular formula is C30H24ClIN2O3. The van der Waals surface area contributed by atoms with Gasteiger partial charge in [-0.05, 0) is 88.7 Å². The molecule has 0 aromatic heterocycles. The van der Waals surface area contributed by atoms with Crippen LogP contribution in [0.1, 0.15) is 23.6 Å². The highest BCUT2D eigenvalue weighted by Gasteiger charge is 2.16. The molecule has 0 spiro atoms. The highest BCUT2D eigenvalue weighted by molar-refractivity contribution is 14.1. The molecule has 0 atom stereocenters. The van der Waals surface area contributed by atoms with Crippen molar-refractivity contribution in [1.82, 2.24) is 0 Å². The first-order chi connectivity index (χ1) is 17.9. The van der Waals surface area contributed by atoms with Crippen LogP contribution in [0.25, 0.3) is 16.8 Å². The van der Waals surface area contributed by atoms with Gasteiger partial charge < -0.3 is 14.8 Å². The third kappa shape index (κ3) is 6.24. The van der Waals surface area contributed by atoms with Gasteiger partial charge in [-0.2, -0.15) is 5.26 Å². The van der Waals surface area contributed by atoms with Gasteiger partial charge in [0, 0.05) is 5.56 Å². The van der Waals surface area contributed by atoms with Crippen LogP contribution in [0.15, 0.2) is 78.4 Å². The number of hydrogen-bond donors (Lipinski definition) is 1. The van der Waals surface area contributed by atoms with Crippen LogP contribution < -0.4 is 14.8 Å². The second-order valence-corrected chi connectivity index (χ2v) is 9.81. The van der Waals surface area contributed by atoms with Crippen molar-refractivity contribution in [2.24, 2.45) is 0 Å². The molecule has 186 valence electrons. The summed E-state index contributed by atoms with van der Waals surface area (Å²) in [7, 11) is 0. The molecule has 1 N–H and O–H groups in total. The summed E-state index contributed by atoms with van der Waals surface area (Å²) in [6.07, 6.45) is 1.52. The monoisotopic (exact) mass is 622 g/mol. The lowest BCUT2D eigenvalue weighted by atomic mass is 10.0. The zero-order chi connectivity index (χ0) is 26.4. The van der Waals surface area contributed by atoms with Gasteiger partial charge >= 0.3 is 0 Å². The predicted molar refractivity (Wildman–Crippen MR) is 157 cm³/mol. The number of ether oxygens (including phenoxy) is 2. The topological polar surface area (TPSA) is 71.3 Å². The summed E-state index contributed by atoms with van der Waals surface area (Å²) in [5.74, 6) is 0.614. The Bertz CT molecular complexity index is 1540. The number of carbonyl (C=O) groups is 1. The minimum Gasteiger partial charge on any atom is -0.490 e. The van der Waals surface area contributed by atoms with Gasteiger partial charge in [0.2, 0.25) is 0 Å². The molecule has 0 aliphatic carbocycles. The summed E-state index contributed by atoms with van der Waals surface area (Å²) in [5.41, 5.74) is 3.29. The van der Waals surface area contributed by atoms with Gasteiger partial charge in [0.15, 0.2) is 11.5 Å². The first-order valence-corrected chi connectivity index (χ1v) is 13.1. The Labute approximate surface area is 234 Å². The van der Waals surface area contributed by atoms with Gasteiger partial charge in [-0.3, -0.25) is 4.79 Å². The molecule has 0 fully saturated rings. The SMILES string of the molecule is CCOc1cc(/C=C(\C#N)C(=O)Nc2ccccc2Cl)cc(I)c1OCc1c(C)ccc2ccccc12. The molecule has 0 saturated heterocycles. The number of aryl methyl sites for hydroxylation is 1. The Balaban J connectivity index is 1.62. The van der Waals surface area contributed by atoms with Crippen LogP contribution in [-0.2, 0) is 11.4 Å². The Morgan fingerprint density at radius 2 is 1.84 bits per heavy atom. The lowest BCUT2D eigenvalue weighted by Crippen LogP contribution is -2.13. The van der Waals surface area contributed by atoms with E-state index in [1.54, 1.807) is 30.3 Å². The van der Waals surface area contributed by atoms with Crippen molar-refractivity contribution in [2.75, 3.05) is 11.9 Å². The Kier molecular flexibility index (Phi) is 8.70. The van der Waals surface area contributed by atoms with Gasteiger partial charge in [0.05, 0.1) is 20.9 Å². The number of nitrogens with zero attached hydrogens (tertiary/aromatic N) is 1. The van der Waals surface area contributed by atoms with E-state index in [9.17, 15) is 10.1 Å². The number of halogens is 2. The molecule has 0 heterocycles. The van der Waals surface area contributed by atoms with Crippen molar-refractivity contribution in [3.8, 4) is 17.6 Å². The summed E-state index contributed by atoms with van der Waals surface area (Å²) < 4.78 is 13.0. The molecule has 4 aromatic rings. The molecule has 0 aliphatic heterocycles. The Hall–Kier alpha value is -3.54. The number of para-hydroxylation sites is 1. The predicted octanol–water partition coefficient (Wildman–Crippen LogP) is 7.93. The lowest BCUT2D eigenvalue weighted by Gasteiger charge is -2.17. The first kappa shape index (κ1) is 26.5. The van der Waals surface area contributed by atoms with Crippen LogP contribution in [0.3, 0.4) is 0 Å². The minimum absolute atomic E-state index is 0.0572. The summed E-state index contributed by atoms with van der Waals surface area (Å²) in [6.45, 7) is 4.78. The van der Waals surface area contributed by atoms with Crippen LogP contribution in [-0.4, -0.2) is 12.5 Å². The molecule has 0 aliphatic rings. The number of fused-ring (bicyclic) bond motifs is 1. The van der Waals surface area contributed by atoms with Crippen LogP contribution in [0.4, 0.5) is 5.69 Å². The summed E-state index contributed by atoms with van der Waals surface area (Å²) in [4.78, 5) is 12.7. The molecule has 0 radical (unpaired) electrons. The second kappa shape index (κ2) is 12.1. The quantitative estimate of drug-likeness (QED) is 0.123. The Morgan fingerprint density at radius 3 is 2.59 bits per heavy atom. The number of carbonyl (C=O) groups excluding carboxylic acids is 1. The van der Waals surface area contributed by atoms with Gasteiger partial charge in [0.1, 0.15) is 18.2 Å². The second-order valence-electron chi connectivity index (χ2n) is 8.24. The molecule has 7 heteroatoms. The highest BCUT2D eigenvalue weighted by Crippen LogP contribution is 2.36. The third-order valence-corrected chi connectivity index (χ3v) is 6.90. The number of hydrogen-bond acceptors (Lipinski definition) is 4. The maximum atomic E-state index is 12.7. The van der Waals surface area contributed by atoms with E-state index < -0.39 is 5.91 Å². The van der Waals surface area contributed by atoms with Crippen molar-refractivity contribution in [3.63, 3.8) is 0 Å². The van der Waals surface area contributed by atoms with Gasteiger partial charge in [-0.1, -0.05) is 60.1 Å². The number of amides is 1. The largest absolute Gasteiger partial charge is 0.490 e. The number of anilines is 1. The minimum atomic E-state index is -0.546. The average molecular weight is 623 g/mol. The standard InChI is InChI=1S/C30H24ClIN2O3/c1-3-36-28-16-20(14-22(17-33)30(35)34-27-11-7-6-10-25(27)31)15-26(32)29(28)37-18-24-19(2)12-13-21-8-4-5-9-23(21)24/h4-16H,3,18H2,1-2H3,(H,34,35)/b22-14+. The average Bonchev–Trinajstić information content (AvgIpc) is 2.89. The van der Waals surface area contributed by atoms with E-state index in [1.165, 1.54) is 6.08 Å². The first-order valence-electron chi connectivity index (χ1n) is 11.6. The van der Waals surface area contributed by atoms with E-state index in [-0.39, 0.29) is 5.57 Å². The van der Waals surface area contributed by atoms with Crippen LogP contribution in [0.5, 0.6) is 11.5 Å². The van der Waals surface area contributed by atoms with E-state index in [1.807, 2.05) is 31.2 Å². The van der Waals surface area contributed by atoms with Crippen LogP contribution in [0.2, 0.25) is 5.02 Å². The van der Waals surface area contributed by atoms with E-state index >= 15 is 0 Å². The molecule has 1 amide bonds. The summed E-state index contributed by atoms with van der Waals surface area (Å²) >= 11 is 8.32. The lowest BCUT2D eigenvalue weighted by molar-refractivity contribution is -0.112. The van der Waals surface area contributed by atoms with Crippen molar-refractivity contribution in [2.45, 2.75) is 20.5 Å². The number of nitrogens with one attached hydrogen (secondary N) is 1. The van der Waals surface area contributed by atoms with Crippen molar-refractivity contribution in [3.05, 3.63) is 104 Å². The van der Waals surface area contributed by atoms with Crippen molar-refractivity contribution in [1.29, 1.82) is 5.26 Å². The Morgan fingerprint density at radius 1 is 1.08 bits per heavy atom. The van der Waals surface area contributed by atoms with E-state index in [4.69, 9.17) is 21.1 Å². The van der Waals surface area contributed by atoms with E-state index in [2.05, 4.69) is 59.1 Å². The molecule has 4 rings (SSSR count). The zero-order valence-corrected chi connectivity index (χ0v) is 23.3. The van der Waals surface area contributed by atoms with Crippen molar-refractivity contribution < 1.29 is 14.3 Å². The van der Waals surface area contributed by atoms with Crippen LogP contribution >= 0.6 is 34.2 Å². The maximum absolute atomic E-state index is 12.7. The van der Waals surface area contributed by atoms with Crippen molar-refractivity contribution >= 4 is 62.6 Å². The normalized spacial score (nSPS) is 11.2. The summed E-state index contributed by atoms with van der Waals surface area (Å²) in [6, 6.07) is 24.9. The fraction of sp³-hybridized carbons (Fsp3) is 0.133. The fourth-order valence-electron chi connectivity index (χ4n) is 3.92. The van der Waals surface area contributed by atoms with E-state index in [0.29, 0.717) is 41.0 Å².